The summed E-state index contributed by atoms with van der Waals surface area (Å²) in [5.74, 6) is 0. The number of pyridine rings is 1. The Morgan fingerprint density at radius 3 is 2.10 bits per heavy atom. The van der Waals surface area contributed by atoms with E-state index >= 15 is 0 Å². The Hall–Kier alpha value is 0.682. The van der Waals surface area contributed by atoms with E-state index in [2.05, 4.69) is 4.98 Å². The average Bonchev–Trinajstić information content (AvgIpc) is 1.91. The molecule has 0 aromatic carbocycles. The van der Waals surface area contributed by atoms with Gasteiger partial charge in [0, 0.05) is 6.20 Å². The molecule has 0 atom stereocenters. The third kappa shape index (κ3) is 6.80. The number of hydrogen-bond donors (Lipinski definition) is 0. The SMILES string of the molecule is Clc1ccccn1.[Cl][Pd][Cl]. The molecule has 0 aliphatic rings. The molecule has 10 heavy (non-hydrogen) atoms. The van der Waals surface area contributed by atoms with E-state index in [9.17, 15) is 0 Å². The van der Waals surface area contributed by atoms with E-state index in [1.807, 2.05) is 12.1 Å². The van der Waals surface area contributed by atoms with Crippen molar-refractivity contribution in [1.82, 2.24) is 4.98 Å². The molecule has 1 nitrogen and oxygen atoms in total. The van der Waals surface area contributed by atoms with Crippen molar-refractivity contribution in [1.29, 1.82) is 0 Å². The van der Waals surface area contributed by atoms with E-state index in [0.717, 1.165) is 0 Å². The van der Waals surface area contributed by atoms with Crippen molar-refractivity contribution in [3.8, 4) is 0 Å². The van der Waals surface area contributed by atoms with Gasteiger partial charge in [-0.15, -0.1) is 0 Å². The monoisotopic (exact) mass is 289 g/mol. The quantitative estimate of drug-likeness (QED) is 0.528. The molecular formula is C5H4Cl3NPd. The molecule has 0 radical (unpaired) electrons. The van der Waals surface area contributed by atoms with Gasteiger partial charge in [0.2, 0.25) is 0 Å². The van der Waals surface area contributed by atoms with Crippen LogP contribution in [0.1, 0.15) is 0 Å². The van der Waals surface area contributed by atoms with Crippen LogP contribution in [0.4, 0.5) is 0 Å². The van der Waals surface area contributed by atoms with Gasteiger partial charge in [-0.2, -0.15) is 0 Å². The zero-order valence-electron chi connectivity index (χ0n) is 4.71. The van der Waals surface area contributed by atoms with E-state index in [4.69, 9.17) is 30.7 Å². The Kier molecular flexibility index (Phi) is 8.32. The standard InChI is InChI=1S/C5H4ClN.2ClH.Pd/c6-5-3-1-2-4-7-5;;;/h1-4H;2*1H;/q;;;+2/p-2. The number of rotatable bonds is 0. The molecule has 0 saturated heterocycles. The minimum atomic E-state index is -0.106. The van der Waals surface area contributed by atoms with Gasteiger partial charge in [0.05, 0.1) is 0 Å². The Bertz CT molecular complexity index is 158. The number of hydrogen-bond acceptors (Lipinski definition) is 1. The van der Waals surface area contributed by atoms with Gasteiger partial charge in [0.25, 0.3) is 0 Å². The molecule has 1 rings (SSSR count). The van der Waals surface area contributed by atoms with Crippen LogP contribution < -0.4 is 0 Å². The summed E-state index contributed by atoms with van der Waals surface area (Å²) in [4.78, 5) is 3.74. The molecule has 5 heteroatoms. The zero-order valence-corrected chi connectivity index (χ0v) is 8.53. The average molecular weight is 291 g/mol. The molecular weight excluding hydrogens is 287 g/mol. The molecule has 1 aromatic rings. The number of aromatic nitrogens is 1. The van der Waals surface area contributed by atoms with Crippen LogP contribution in [-0.4, -0.2) is 4.98 Å². The Labute approximate surface area is 80.8 Å². The molecule has 0 spiro atoms. The van der Waals surface area contributed by atoms with Crippen LogP contribution in [0, 0.1) is 0 Å². The molecule has 0 aliphatic heterocycles. The summed E-state index contributed by atoms with van der Waals surface area (Å²) in [5.41, 5.74) is 0. The predicted octanol–water partition coefficient (Wildman–Crippen LogP) is 3.11. The Morgan fingerprint density at radius 2 is 1.90 bits per heavy atom. The van der Waals surface area contributed by atoms with E-state index in [1.165, 1.54) is 0 Å². The Morgan fingerprint density at radius 1 is 1.30 bits per heavy atom. The van der Waals surface area contributed by atoms with Crippen molar-refractivity contribution in [3.63, 3.8) is 0 Å². The summed E-state index contributed by atoms with van der Waals surface area (Å²) < 4.78 is 0. The van der Waals surface area contributed by atoms with Crippen LogP contribution in [0.25, 0.3) is 0 Å². The van der Waals surface area contributed by atoms with Crippen LogP contribution in [0.15, 0.2) is 24.4 Å². The Balaban J connectivity index is 0.000000236. The second-order valence-electron chi connectivity index (χ2n) is 1.20. The van der Waals surface area contributed by atoms with E-state index in [-0.39, 0.29) is 15.9 Å². The van der Waals surface area contributed by atoms with Gasteiger partial charge in [0.1, 0.15) is 5.15 Å². The van der Waals surface area contributed by atoms with Crippen molar-refractivity contribution in [2.45, 2.75) is 0 Å². The third-order valence-corrected chi connectivity index (χ3v) is 0.852. The van der Waals surface area contributed by atoms with Crippen LogP contribution in [-0.2, 0) is 15.9 Å². The summed E-state index contributed by atoms with van der Waals surface area (Å²) in [7, 11) is 9.63. The number of halogens is 3. The fourth-order valence-electron chi connectivity index (χ4n) is 0.342. The first kappa shape index (κ1) is 10.7. The van der Waals surface area contributed by atoms with Gasteiger partial charge in [-0.3, -0.25) is 0 Å². The molecule has 0 saturated carbocycles. The summed E-state index contributed by atoms with van der Waals surface area (Å²) in [5, 5.41) is 0.544. The van der Waals surface area contributed by atoms with Gasteiger partial charge in [-0.25, -0.2) is 4.98 Å². The summed E-state index contributed by atoms with van der Waals surface area (Å²) >= 11 is 5.32. The van der Waals surface area contributed by atoms with Crippen molar-refractivity contribution in [3.05, 3.63) is 29.5 Å². The summed E-state index contributed by atoms with van der Waals surface area (Å²) in [6.45, 7) is 0. The summed E-state index contributed by atoms with van der Waals surface area (Å²) in [6, 6.07) is 5.41. The second-order valence-corrected chi connectivity index (χ2v) is 3.95. The fraction of sp³-hybridized carbons (Fsp3) is 0. The molecule has 0 bridgehead atoms. The molecule has 60 valence electrons. The van der Waals surface area contributed by atoms with Crippen molar-refractivity contribution in [2.75, 3.05) is 0 Å². The zero-order chi connectivity index (χ0) is 7.82. The van der Waals surface area contributed by atoms with Crippen LogP contribution in [0.5, 0.6) is 0 Å². The van der Waals surface area contributed by atoms with Crippen LogP contribution in [0.2, 0.25) is 5.15 Å². The van der Waals surface area contributed by atoms with Gasteiger partial charge in [0.15, 0.2) is 0 Å². The molecule has 0 aliphatic carbocycles. The van der Waals surface area contributed by atoms with Crippen LogP contribution in [0.3, 0.4) is 0 Å². The minimum absolute atomic E-state index is 0.106. The number of nitrogens with zero attached hydrogens (tertiary/aromatic N) is 1. The van der Waals surface area contributed by atoms with Gasteiger partial charge < -0.3 is 0 Å². The van der Waals surface area contributed by atoms with Gasteiger partial charge in [-0.1, -0.05) is 17.7 Å². The normalized spacial score (nSPS) is 8.30. The molecule has 0 fully saturated rings. The van der Waals surface area contributed by atoms with Crippen molar-refractivity contribution in [2.24, 2.45) is 0 Å². The maximum atomic E-state index is 5.43. The van der Waals surface area contributed by atoms with E-state index in [1.54, 1.807) is 12.3 Å². The van der Waals surface area contributed by atoms with Crippen molar-refractivity contribution >= 4 is 30.7 Å². The van der Waals surface area contributed by atoms with Gasteiger partial charge in [-0.05, 0) is 12.1 Å². The molecule has 0 amide bonds. The van der Waals surface area contributed by atoms with E-state index < -0.39 is 0 Å². The van der Waals surface area contributed by atoms with E-state index in [0.29, 0.717) is 5.15 Å². The topological polar surface area (TPSA) is 12.9 Å². The first-order valence-corrected chi connectivity index (χ1v) is 6.58. The third-order valence-electron chi connectivity index (χ3n) is 0.629. The maximum absolute atomic E-state index is 5.43. The second kappa shape index (κ2) is 7.79. The first-order valence-electron chi connectivity index (χ1n) is 2.20. The molecule has 1 heterocycles. The van der Waals surface area contributed by atoms with Crippen molar-refractivity contribution < 1.29 is 15.9 Å². The molecule has 1 aromatic heterocycles. The molecule has 0 unspecified atom stereocenters. The predicted molar refractivity (Wildman–Crippen MR) is 41.0 cm³/mol. The first-order chi connectivity index (χ1) is 4.81. The summed E-state index contributed by atoms with van der Waals surface area (Å²) in [6.07, 6.45) is 1.66. The fourth-order valence-corrected chi connectivity index (χ4v) is 0.471. The van der Waals surface area contributed by atoms with Gasteiger partial charge >= 0.3 is 35.0 Å². The molecule has 0 N–H and O–H groups in total. The van der Waals surface area contributed by atoms with Crippen LogP contribution >= 0.6 is 30.7 Å².